The van der Waals surface area contributed by atoms with E-state index < -0.39 is 30.5 Å². The van der Waals surface area contributed by atoms with E-state index in [9.17, 15) is 22.8 Å². The predicted octanol–water partition coefficient (Wildman–Crippen LogP) is 5.85. The van der Waals surface area contributed by atoms with Gasteiger partial charge in [-0.3, -0.25) is 14.6 Å². The van der Waals surface area contributed by atoms with Crippen LogP contribution in [0.25, 0.3) is 33.6 Å². The van der Waals surface area contributed by atoms with Crippen molar-refractivity contribution in [3.63, 3.8) is 0 Å². The lowest BCUT2D eigenvalue weighted by atomic mass is 9.96. The number of pyridine rings is 1. The van der Waals surface area contributed by atoms with E-state index in [1.54, 1.807) is 59.9 Å². The number of hydrogen-bond acceptors (Lipinski definition) is 7. The highest BCUT2D eigenvalue weighted by molar-refractivity contribution is 6.11. The first-order valence-corrected chi connectivity index (χ1v) is 13.6. The fraction of sp³-hybridized carbons (Fsp3) is 0.258. The number of anilines is 1. The van der Waals surface area contributed by atoms with Crippen molar-refractivity contribution in [1.29, 1.82) is 0 Å². The summed E-state index contributed by atoms with van der Waals surface area (Å²) in [5.74, 6) is -0.537. The van der Waals surface area contributed by atoms with Gasteiger partial charge in [0.2, 0.25) is 5.71 Å². The molecule has 9 nitrogen and oxygen atoms in total. The minimum atomic E-state index is -4.42. The Kier molecular flexibility index (Phi) is 7.89. The lowest BCUT2D eigenvalue weighted by molar-refractivity contribution is -0.134. The predicted molar refractivity (Wildman–Crippen MR) is 158 cm³/mol. The molecule has 3 heterocycles. The van der Waals surface area contributed by atoms with Crippen molar-refractivity contribution < 1.29 is 27.2 Å². The summed E-state index contributed by atoms with van der Waals surface area (Å²) in [6, 6.07) is 15.4. The molecule has 0 saturated carbocycles. The van der Waals surface area contributed by atoms with Gasteiger partial charge >= 0.3 is 6.18 Å². The number of furan rings is 1. The van der Waals surface area contributed by atoms with Crippen molar-refractivity contribution in [3.05, 3.63) is 83.8 Å². The first-order chi connectivity index (χ1) is 20.3. The molecule has 0 bridgehead atoms. The lowest BCUT2D eigenvalue weighted by Gasteiger charge is -2.20. The number of benzene rings is 2. The lowest BCUT2D eigenvalue weighted by Crippen LogP contribution is -2.40. The number of hydrogen-bond donors (Lipinski definition) is 4. The molecule has 4 aromatic rings. The van der Waals surface area contributed by atoms with Crippen LogP contribution in [0, 0.1) is 0 Å². The average molecular weight is 593 g/mol. The van der Waals surface area contributed by atoms with Gasteiger partial charge < -0.3 is 20.5 Å². The number of halogens is 3. The number of rotatable bonds is 7. The van der Waals surface area contributed by atoms with Crippen molar-refractivity contribution in [3.8, 4) is 22.5 Å². The third kappa shape index (κ3) is 6.64. The maximum Gasteiger partial charge on any atom is 0.389 e. The Morgan fingerprint density at radius 1 is 1.00 bits per heavy atom. The van der Waals surface area contributed by atoms with Crippen molar-refractivity contribution in [1.82, 2.24) is 26.6 Å². The number of aromatic nitrogens is 1. The first kappa shape index (κ1) is 29.6. The molecule has 0 saturated heterocycles. The van der Waals surface area contributed by atoms with E-state index in [-0.39, 0.29) is 28.6 Å². The Hall–Kier alpha value is -4.84. The van der Waals surface area contributed by atoms with E-state index in [2.05, 4.69) is 26.6 Å². The van der Waals surface area contributed by atoms with Crippen LogP contribution in [0.5, 0.6) is 0 Å². The van der Waals surface area contributed by atoms with Gasteiger partial charge in [-0.05, 0) is 75.2 Å². The zero-order valence-electron chi connectivity index (χ0n) is 24.0. The number of nitrogens with zero attached hydrogens (tertiary/aromatic N) is 2. The molecule has 2 aromatic carbocycles. The van der Waals surface area contributed by atoms with Crippen LogP contribution in [-0.2, 0) is 6.42 Å². The van der Waals surface area contributed by atoms with Crippen molar-refractivity contribution in [2.75, 3.05) is 12.1 Å². The number of carbonyl (C=O) groups excluding carboxylic acids is 2. The summed E-state index contributed by atoms with van der Waals surface area (Å²) in [6.07, 6.45) is -2.42. The summed E-state index contributed by atoms with van der Waals surface area (Å²) in [7, 11) is 1.48. The highest BCUT2D eigenvalue weighted by atomic mass is 19.4. The number of aryl methyl sites for hydroxylation is 1. The fourth-order valence-corrected chi connectivity index (χ4v) is 4.73. The number of nitrogens with one attached hydrogen (secondary N) is 4. The topological polar surface area (TPSA) is 112 Å². The normalized spacial score (nSPS) is 13.3. The van der Waals surface area contributed by atoms with E-state index in [0.717, 1.165) is 5.69 Å². The zero-order valence-corrected chi connectivity index (χ0v) is 24.0. The van der Waals surface area contributed by atoms with Gasteiger partial charge in [0.15, 0.2) is 0 Å². The number of alkyl halides is 3. The van der Waals surface area contributed by atoms with Crippen molar-refractivity contribution in [2.45, 2.75) is 45.3 Å². The molecule has 4 N–H and O–H groups in total. The molecule has 0 aliphatic carbocycles. The van der Waals surface area contributed by atoms with Gasteiger partial charge in [0.1, 0.15) is 5.76 Å². The second-order valence-electron chi connectivity index (χ2n) is 11.1. The van der Waals surface area contributed by atoms with Crippen LogP contribution in [0.15, 0.2) is 71.4 Å². The summed E-state index contributed by atoms with van der Waals surface area (Å²) in [4.78, 5) is 30.6. The summed E-state index contributed by atoms with van der Waals surface area (Å²) in [5, 5.41) is 7.60. The van der Waals surface area contributed by atoms with Crippen LogP contribution in [0.1, 0.15) is 53.6 Å². The summed E-state index contributed by atoms with van der Waals surface area (Å²) in [6.45, 7) is 5.55. The molecule has 5 rings (SSSR count). The Morgan fingerprint density at radius 2 is 1.74 bits per heavy atom. The number of fused-ring (bicyclic) bond motifs is 1. The molecule has 1 aliphatic heterocycles. The van der Waals surface area contributed by atoms with Crippen molar-refractivity contribution in [2.24, 2.45) is 0 Å². The van der Waals surface area contributed by atoms with Crippen LogP contribution in [0.4, 0.5) is 18.9 Å². The van der Waals surface area contributed by atoms with Gasteiger partial charge in [0.25, 0.3) is 11.8 Å². The van der Waals surface area contributed by atoms with Gasteiger partial charge in [-0.2, -0.15) is 13.2 Å². The molecule has 0 spiro atoms. The molecule has 43 heavy (non-hydrogen) atoms. The monoisotopic (exact) mass is 592 g/mol. The number of carbonyl (C=O) groups is 2. The Labute approximate surface area is 246 Å². The quantitative estimate of drug-likeness (QED) is 0.213. The highest BCUT2D eigenvalue weighted by Gasteiger charge is 2.29. The average Bonchev–Trinajstić information content (AvgIpc) is 3.62. The maximum atomic E-state index is 13.3. The van der Waals surface area contributed by atoms with Crippen LogP contribution >= 0.6 is 0 Å². The maximum absolute atomic E-state index is 13.3. The van der Waals surface area contributed by atoms with Crippen LogP contribution < -0.4 is 26.6 Å². The van der Waals surface area contributed by atoms with Gasteiger partial charge in [-0.25, -0.2) is 4.98 Å². The molecule has 224 valence electrons. The van der Waals surface area contributed by atoms with Gasteiger partial charge in [-0.1, -0.05) is 12.1 Å². The molecule has 12 heteroatoms. The van der Waals surface area contributed by atoms with E-state index in [4.69, 9.17) is 4.42 Å². The zero-order chi connectivity index (χ0) is 30.9. The SMILES string of the molecule is CNC(=O)c1c(-c2ccc(N3C=CNN3)cc2)oc2nc(CCC(F)(F)F)c(-c3cccc(C(=O)NC(C)(C)C)c3)cc12. The second-order valence-corrected chi connectivity index (χ2v) is 11.1. The summed E-state index contributed by atoms with van der Waals surface area (Å²) in [5.41, 5.74) is 8.26. The molecule has 0 radical (unpaired) electrons. The van der Waals surface area contributed by atoms with E-state index in [1.807, 2.05) is 32.9 Å². The minimum absolute atomic E-state index is 0.0357. The molecule has 0 atom stereocenters. The Bertz CT molecular complexity index is 1700. The van der Waals surface area contributed by atoms with Gasteiger partial charge in [-0.15, -0.1) is 5.53 Å². The Morgan fingerprint density at radius 3 is 2.37 bits per heavy atom. The molecule has 2 aromatic heterocycles. The molecular formula is C31H31F3N6O3. The van der Waals surface area contributed by atoms with Crippen LogP contribution in [0.3, 0.4) is 0 Å². The smallest absolute Gasteiger partial charge is 0.389 e. The second kappa shape index (κ2) is 11.4. The number of hydrazine groups is 2. The van der Waals surface area contributed by atoms with Crippen molar-refractivity contribution >= 4 is 28.6 Å². The fourth-order valence-electron chi connectivity index (χ4n) is 4.73. The third-order valence-corrected chi connectivity index (χ3v) is 6.68. The highest BCUT2D eigenvalue weighted by Crippen LogP contribution is 2.38. The van der Waals surface area contributed by atoms with E-state index in [1.165, 1.54) is 7.05 Å². The summed E-state index contributed by atoms with van der Waals surface area (Å²) >= 11 is 0. The van der Waals surface area contributed by atoms with E-state index in [0.29, 0.717) is 27.6 Å². The van der Waals surface area contributed by atoms with Crippen LogP contribution in [-0.4, -0.2) is 35.6 Å². The third-order valence-electron chi connectivity index (χ3n) is 6.68. The molecule has 2 amide bonds. The van der Waals surface area contributed by atoms with Crippen LogP contribution in [0.2, 0.25) is 0 Å². The largest absolute Gasteiger partial charge is 0.437 e. The molecule has 0 fully saturated rings. The molecule has 0 unspecified atom stereocenters. The number of amides is 2. The summed E-state index contributed by atoms with van der Waals surface area (Å²) < 4.78 is 46.1. The standard InChI is InChI=1S/C31H31F3N6O3/c1-30(2,3)38-27(41)20-7-5-6-19(16-20)22-17-23-25(28(42)35-4)26(43-29(23)37-24(22)12-13-31(32,33)34)18-8-10-21(11-9-18)40-15-14-36-39-40/h5-11,14-17,36,39H,12-13H2,1-4H3,(H,35,42)(H,38,41). The van der Waals surface area contributed by atoms with Gasteiger partial charge in [0, 0.05) is 48.1 Å². The molecular weight excluding hydrogens is 561 g/mol. The van der Waals surface area contributed by atoms with Gasteiger partial charge in [0.05, 0.1) is 22.3 Å². The Balaban J connectivity index is 1.65. The molecule has 1 aliphatic rings. The first-order valence-electron chi connectivity index (χ1n) is 13.6. The minimum Gasteiger partial charge on any atom is -0.437 e. The van der Waals surface area contributed by atoms with E-state index >= 15 is 0 Å².